The number of hydrogen-bond donors (Lipinski definition) is 0. The minimum Gasteiger partial charge on any atom is -0.456 e. The van der Waals surface area contributed by atoms with E-state index in [0.29, 0.717) is 10.5 Å². The average molecular weight is 549 g/mol. The first-order valence-corrected chi connectivity index (χ1v) is 13.1. The van der Waals surface area contributed by atoms with Crippen LogP contribution in [0.15, 0.2) is 59.5 Å². The van der Waals surface area contributed by atoms with Crippen molar-refractivity contribution in [2.75, 3.05) is 6.61 Å². The van der Waals surface area contributed by atoms with Gasteiger partial charge >= 0.3 is 21.6 Å². The Kier molecular flexibility index (Phi) is 7.98. The molecule has 2 aromatic rings. The number of halogens is 3. The second kappa shape index (κ2) is 10.7. The van der Waals surface area contributed by atoms with Crippen molar-refractivity contribution >= 4 is 27.8 Å². The third kappa shape index (κ3) is 6.03. The van der Waals surface area contributed by atoms with E-state index in [1.54, 1.807) is 42.5 Å². The normalized spacial score (nSPS) is 28.8. The molecule has 2 aliphatic rings. The fourth-order valence-electron chi connectivity index (χ4n) is 3.80. The summed E-state index contributed by atoms with van der Waals surface area (Å²) in [7, 11) is -6.08. The second-order valence-corrected chi connectivity index (χ2v) is 10.9. The standard InChI is InChI=1S/C23H23F3O8S2/c1-13-8-10-16(11-9-13)35-22-20(31-14(2)27)19(34-36(28,29)23(24,25)26)18-17(32-22)12-30-21(33-18)15-6-4-3-5-7-15/h3-11,17-22H,12H2,1-2H3/t17-,18+,19+,20-,21?,22+/m1/s1. The van der Waals surface area contributed by atoms with Crippen molar-refractivity contribution in [1.29, 1.82) is 0 Å². The van der Waals surface area contributed by atoms with Crippen LogP contribution in [-0.2, 0) is 38.0 Å². The van der Waals surface area contributed by atoms with E-state index < -0.39 is 57.7 Å². The zero-order valence-corrected chi connectivity index (χ0v) is 20.7. The highest BCUT2D eigenvalue weighted by Crippen LogP contribution is 2.42. The maximum absolute atomic E-state index is 13.3. The number of carbonyl (C=O) groups is 1. The summed E-state index contributed by atoms with van der Waals surface area (Å²) in [5, 5.41) is 0. The molecule has 6 atom stereocenters. The van der Waals surface area contributed by atoms with Crippen LogP contribution in [0.3, 0.4) is 0 Å². The molecule has 13 heteroatoms. The summed E-state index contributed by atoms with van der Waals surface area (Å²) in [6, 6.07) is 15.7. The maximum atomic E-state index is 13.3. The summed E-state index contributed by atoms with van der Waals surface area (Å²) in [5.41, 5.74) is -5.30. The van der Waals surface area contributed by atoms with Gasteiger partial charge in [-0.05, 0) is 19.1 Å². The molecule has 0 spiro atoms. The summed E-state index contributed by atoms with van der Waals surface area (Å²) >= 11 is 1.05. The highest BCUT2D eigenvalue weighted by molar-refractivity contribution is 7.99. The third-order valence-electron chi connectivity index (χ3n) is 5.45. The lowest BCUT2D eigenvalue weighted by Gasteiger charge is -2.48. The Bertz CT molecular complexity index is 1160. The lowest BCUT2D eigenvalue weighted by atomic mass is 9.98. The Balaban J connectivity index is 1.70. The fraction of sp³-hybridized carbons (Fsp3) is 0.435. The van der Waals surface area contributed by atoms with Gasteiger partial charge in [-0.15, -0.1) is 0 Å². The number of fused-ring (bicyclic) bond motifs is 1. The summed E-state index contributed by atoms with van der Waals surface area (Å²) < 4.78 is 91.6. The monoisotopic (exact) mass is 548 g/mol. The van der Waals surface area contributed by atoms with Crippen LogP contribution in [0.25, 0.3) is 0 Å². The molecule has 196 valence electrons. The number of benzene rings is 2. The summed E-state index contributed by atoms with van der Waals surface area (Å²) in [6.45, 7) is 2.80. The lowest BCUT2D eigenvalue weighted by molar-refractivity contribution is -0.316. The largest absolute Gasteiger partial charge is 0.523 e. The van der Waals surface area contributed by atoms with Gasteiger partial charge in [0.1, 0.15) is 23.7 Å². The highest BCUT2D eigenvalue weighted by atomic mass is 32.2. The number of aryl methyl sites for hydroxylation is 1. The van der Waals surface area contributed by atoms with Crippen LogP contribution in [0.1, 0.15) is 24.3 Å². The quantitative estimate of drug-likeness (QED) is 0.300. The Morgan fingerprint density at radius 1 is 1.03 bits per heavy atom. The number of esters is 1. The van der Waals surface area contributed by atoms with Crippen molar-refractivity contribution in [3.63, 3.8) is 0 Å². The molecule has 1 unspecified atom stereocenters. The molecule has 0 aromatic heterocycles. The van der Waals surface area contributed by atoms with E-state index in [1.165, 1.54) is 0 Å². The molecule has 2 aromatic carbocycles. The van der Waals surface area contributed by atoms with E-state index in [2.05, 4.69) is 0 Å². The summed E-state index contributed by atoms with van der Waals surface area (Å²) in [5.74, 6) is -0.860. The van der Waals surface area contributed by atoms with E-state index in [9.17, 15) is 26.4 Å². The van der Waals surface area contributed by atoms with Crippen LogP contribution in [0.2, 0.25) is 0 Å². The molecule has 2 heterocycles. The summed E-state index contributed by atoms with van der Waals surface area (Å²) in [6.07, 6.45) is -6.82. The number of alkyl halides is 3. The first kappa shape index (κ1) is 26.9. The van der Waals surface area contributed by atoms with E-state index >= 15 is 0 Å². The van der Waals surface area contributed by atoms with Gasteiger partial charge in [-0.1, -0.05) is 59.8 Å². The molecule has 4 rings (SSSR count). The van der Waals surface area contributed by atoms with Crippen LogP contribution >= 0.6 is 11.8 Å². The number of carbonyl (C=O) groups excluding carboxylic acids is 1. The smallest absolute Gasteiger partial charge is 0.456 e. The topological polar surface area (TPSA) is 97.4 Å². The average Bonchev–Trinajstić information content (AvgIpc) is 2.82. The van der Waals surface area contributed by atoms with Gasteiger partial charge in [-0.25, -0.2) is 0 Å². The molecule has 0 radical (unpaired) electrons. The van der Waals surface area contributed by atoms with E-state index in [4.69, 9.17) is 23.1 Å². The van der Waals surface area contributed by atoms with Crippen LogP contribution in [0.4, 0.5) is 13.2 Å². The molecule has 0 aliphatic carbocycles. The first-order chi connectivity index (χ1) is 16.9. The predicted molar refractivity (Wildman–Crippen MR) is 121 cm³/mol. The van der Waals surface area contributed by atoms with Crippen molar-refractivity contribution in [3.05, 3.63) is 65.7 Å². The molecular formula is C23H23F3O8S2. The van der Waals surface area contributed by atoms with E-state index in [-0.39, 0.29) is 6.61 Å². The molecule has 8 nitrogen and oxygen atoms in total. The van der Waals surface area contributed by atoms with Crippen molar-refractivity contribution in [1.82, 2.24) is 0 Å². The molecule has 0 saturated carbocycles. The number of rotatable bonds is 6. The van der Waals surface area contributed by atoms with Gasteiger partial charge in [-0.3, -0.25) is 8.98 Å². The zero-order chi connectivity index (χ0) is 26.1. The molecular weight excluding hydrogens is 525 g/mol. The second-order valence-electron chi connectivity index (χ2n) is 8.19. The maximum Gasteiger partial charge on any atom is 0.523 e. The highest BCUT2D eigenvalue weighted by Gasteiger charge is 2.58. The zero-order valence-electron chi connectivity index (χ0n) is 19.1. The van der Waals surface area contributed by atoms with Crippen molar-refractivity contribution < 1.29 is 49.5 Å². The molecule has 0 amide bonds. The van der Waals surface area contributed by atoms with E-state index in [0.717, 1.165) is 24.2 Å². The van der Waals surface area contributed by atoms with Crippen LogP contribution in [0.5, 0.6) is 0 Å². The fourth-order valence-corrected chi connectivity index (χ4v) is 5.52. The van der Waals surface area contributed by atoms with Gasteiger partial charge in [0.25, 0.3) is 0 Å². The Labute approximate surface area is 210 Å². The Morgan fingerprint density at radius 3 is 2.31 bits per heavy atom. The molecule has 0 bridgehead atoms. The van der Waals surface area contributed by atoms with Crippen molar-refractivity contribution in [3.8, 4) is 0 Å². The number of ether oxygens (including phenoxy) is 4. The summed E-state index contributed by atoms with van der Waals surface area (Å²) in [4.78, 5) is 12.6. The minimum atomic E-state index is -6.08. The third-order valence-corrected chi connectivity index (χ3v) is 7.65. The molecule has 36 heavy (non-hydrogen) atoms. The minimum absolute atomic E-state index is 0.131. The van der Waals surface area contributed by atoms with Gasteiger partial charge in [0.15, 0.2) is 12.4 Å². The SMILES string of the molecule is CC(=O)O[C@@H]1[C@@H](OS(=O)(=O)C(F)(F)F)[C@H]2OC(c3ccccc3)OC[C@H]2O[C@H]1Sc1ccc(C)cc1. The predicted octanol–water partition coefficient (Wildman–Crippen LogP) is 4.09. The first-order valence-electron chi connectivity index (χ1n) is 10.8. The van der Waals surface area contributed by atoms with Gasteiger partial charge in [0, 0.05) is 17.4 Å². The molecule has 2 fully saturated rings. The Morgan fingerprint density at radius 2 is 1.69 bits per heavy atom. The van der Waals surface area contributed by atoms with Gasteiger partial charge < -0.3 is 18.9 Å². The van der Waals surface area contributed by atoms with Crippen LogP contribution in [-0.4, -0.2) is 56.4 Å². The Hall–Kier alpha value is -2.16. The number of thioether (sulfide) groups is 1. The van der Waals surface area contributed by atoms with Crippen LogP contribution < -0.4 is 0 Å². The van der Waals surface area contributed by atoms with Crippen LogP contribution in [0, 0.1) is 6.92 Å². The molecule has 2 saturated heterocycles. The van der Waals surface area contributed by atoms with Crippen molar-refractivity contribution in [2.45, 2.75) is 60.4 Å². The molecule has 0 N–H and O–H groups in total. The lowest BCUT2D eigenvalue weighted by Crippen LogP contribution is -2.63. The number of hydrogen-bond acceptors (Lipinski definition) is 9. The van der Waals surface area contributed by atoms with Gasteiger partial charge in [0.05, 0.1) is 6.61 Å². The van der Waals surface area contributed by atoms with Gasteiger partial charge in [-0.2, -0.15) is 21.6 Å². The van der Waals surface area contributed by atoms with E-state index in [1.807, 2.05) is 19.1 Å². The van der Waals surface area contributed by atoms with Crippen molar-refractivity contribution in [2.24, 2.45) is 0 Å². The van der Waals surface area contributed by atoms with Gasteiger partial charge in [0.2, 0.25) is 0 Å². The molecule has 2 aliphatic heterocycles.